The second kappa shape index (κ2) is 6.83. The highest BCUT2D eigenvalue weighted by Crippen LogP contribution is 2.34. The fourth-order valence-electron chi connectivity index (χ4n) is 2.49. The summed E-state index contributed by atoms with van der Waals surface area (Å²) in [4.78, 5) is 20.4. The molecule has 126 valence electrons. The Morgan fingerprint density at radius 2 is 2.24 bits per heavy atom. The van der Waals surface area contributed by atoms with Crippen LogP contribution in [0.25, 0.3) is 22.0 Å². The van der Waals surface area contributed by atoms with E-state index in [0.717, 1.165) is 17.8 Å². The molecule has 0 aliphatic carbocycles. The molecule has 2 aromatic heterocycles. The van der Waals surface area contributed by atoms with Gasteiger partial charge in [-0.15, -0.1) is 11.3 Å². The van der Waals surface area contributed by atoms with Gasteiger partial charge in [0, 0.05) is 34.5 Å². The van der Waals surface area contributed by atoms with Gasteiger partial charge in [0.15, 0.2) is 10.7 Å². The third kappa shape index (κ3) is 3.02. The number of halogens is 1. The first-order valence-electron chi connectivity index (χ1n) is 7.57. The smallest absolute Gasteiger partial charge is 0.272 e. The number of aromatic nitrogens is 2. The Balaban J connectivity index is 2.17. The average Bonchev–Trinajstić information content (AvgIpc) is 3.08. The van der Waals surface area contributed by atoms with E-state index in [9.17, 15) is 9.18 Å². The molecule has 0 spiro atoms. The van der Waals surface area contributed by atoms with Crippen molar-refractivity contribution in [3.63, 3.8) is 0 Å². The number of nitrogen functional groups attached to an aromatic ring is 1. The summed E-state index contributed by atoms with van der Waals surface area (Å²) < 4.78 is 14.4. The molecule has 1 aromatic carbocycles. The molecule has 25 heavy (non-hydrogen) atoms. The Morgan fingerprint density at radius 3 is 2.92 bits per heavy atom. The molecule has 8 heteroatoms. The molecule has 0 saturated heterocycles. The zero-order valence-corrected chi connectivity index (χ0v) is 14.2. The molecule has 0 radical (unpaired) electrons. The summed E-state index contributed by atoms with van der Waals surface area (Å²) in [6.45, 7) is 2.46. The Morgan fingerprint density at radius 1 is 1.44 bits per heavy atom. The molecule has 3 rings (SSSR count). The van der Waals surface area contributed by atoms with Crippen molar-refractivity contribution in [3.8, 4) is 17.3 Å². The number of nitriles is 1. The number of nitrogens with two attached hydrogens (primary N) is 1. The number of nitrogens with zero attached hydrogens (tertiary/aromatic N) is 3. The number of carbonyl (C=O) groups excluding carboxylic acids is 1. The van der Waals surface area contributed by atoms with Crippen LogP contribution in [0.2, 0.25) is 0 Å². The number of anilines is 1. The van der Waals surface area contributed by atoms with Crippen molar-refractivity contribution in [2.75, 3.05) is 12.3 Å². The molecule has 0 aliphatic rings. The SMILES string of the molecule is CCCNC(=O)c1ncc2c(-c3csc(C#N)n3)c(F)ccc2c1N. The number of fused-ring (bicyclic) bond motifs is 1. The molecule has 2 heterocycles. The fraction of sp³-hybridized carbons (Fsp3) is 0.176. The van der Waals surface area contributed by atoms with Crippen molar-refractivity contribution in [2.24, 2.45) is 0 Å². The van der Waals surface area contributed by atoms with Crippen molar-refractivity contribution >= 4 is 33.7 Å². The minimum atomic E-state index is -0.494. The maximum absolute atomic E-state index is 14.4. The van der Waals surface area contributed by atoms with Crippen LogP contribution in [-0.4, -0.2) is 22.4 Å². The highest BCUT2D eigenvalue weighted by Gasteiger charge is 2.19. The molecular formula is C17H14FN5OS. The van der Waals surface area contributed by atoms with Crippen molar-refractivity contribution < 1.29 is 9.18 Å². The van der Waals surface area contributed by atoms with E-state index in [0.29, 0.717) is 23.0 Å². The van der Waals surface area contributed by atoms with Crippen molar-refractivity contribution in [1.29, 1.82) is 5.26 Å². The lowest BCUT2D eigenvalue weighted by atomic mass is 10.0. The van der Waals surface area contributed by atoms with E-state index in [4.69, 9.17) is 11.0 Å². The molecule has 0 bridgehead atoms. The second-order valence-electron chi connectivity index (χ2n) is 5.31. The molecule has 0 aliphatic heterocycles. The van der Waals surface area contributed by atoms with Gasteiger partial charge in [-0.1, -0.05) is 6.92 Å². The van der Waals surface area contributed by atoms with E-state index in [1.165, 1.54) is 18.3 Å². The topological polar surface area (TPSA) is 105 Å². The van der Waals surface area contributed by atoms with Crippen LogP contribution in [0, 0.1) is 17.1 Å². The number of benzene rings is 1. The standard InChI is InChI=1S/C17H14FN5OS/c1-2-5-21-17(24)16-15(20)9-3-4-11(18)14(10(9)7-22-16)12-8-25-13(6-19)23-12/h3-4,7-8H,2,5,20H2,1H3,(H,21,24). The van der Waals surface area contributed by atoms with Gasteiger partial charge in [0.2, 0.25) is 0 Å². The maximum atomic E-state index is 14.4. The minimum Gasteiger partial charge on any atom is -0.396 e. The number of thiazole rings is 1. The molecule has 0 atom stereocenters. The number of nitrogens with one attached hydrogen (secondary N) is 1. The highest BCUT2D eigenvalue weighted by molar-refractivity contribution is 7.10. The van der Waals surface area contributed by atoms with Crippen LogP contribution < -0.4 is 11.1 Å². The van der Waals surface area contributed by atoms with Crippen LogP contribution in [0.5, 0.6) is 0 Å². The largest absolute Gasteiger partial charge is 0.396 e. The summed E-state index contributed by atoms with van der Waals surface area (Å²) in [7, 11) is 0. The first-order valence-corrected chi connectivity index (χ1v) is 8.45. The van der Waals surface area contributed by atoms with Gasteiger partial charge < -0.3 is 11.1 Å². The molecule has 3 N–H and O–H groups in total. The van der Waals surface area contributed by atoms with Gasteiger partial charge in [0.25, 0.3) is 5.91 Å². The number of carbonyl (C=O) groups is 1. The quantitative estimate of drug-likeness (QED) is 0.748. The number of hydrogen-bond donors (Lipinski definition) is 2. The predicted octanol–water partition coefficient (Wildman–Crippen LogP) is 3.09. The number of hydrogen-bond acceptors (Lipinski definition) is 6. The third-order valence-corrected chi connectivity index (χ3v) is 4.42. The van der Waals surface area contributed by atoms with E-state index < -0.39 is 5.82 Å². The number of pyridine rings is 1. The molecule has 0 unspecified atom stereocenters. The van der Waals surface area contributed by atoms with Gasteiger partial charge in [0.05, 0.1) is 11.4 Å². The first kappa shape index (κ1) is 16.8. The van der Waals surface area contributed by atoms with Crippen LogP contribution in [-0.2, 0) is 0 Å². The molecule has 0 fully saturated rings. The second-order valence-corrected chi connectivity index (χ2v) is 6.17. The van der Waals surface area contributed by atoms with Gasteiger partial charge in [-0.05, 0) is 18.6 Å². The van der Waals surface area contributed by atoms with Gasteiger partial charge in [0.1, 0.15) is 11.9 Å². The maximum Gasteiger partial charge on any atom is 0.272 e. The van der Waals surface area contributed by atoms with Crippen molar-refractivity contribution in [2.45, 2.75) is 13.3 Å². The molecule has 0 saturated carbocycles. The van der Waals surface area contributed by atoms with Crippen LogP contribution in [0.3, 0.4) is 0 Å². The highest BCUT2D eigenvalue weighted by atomic mass is 32.1. The van der Waals surface area contributed by atoms with Crippen LogP contribution >= 0.6 is 11.3 Å². The molecular weight excluding hydrogens is 341 g/mol. The first-order chi connectivity index (χ1) is 12.1. The van der Waals surface area contributed by atoms with E-state index in [2.05, 4.69) is 15.3 Å². The molecule has 6 nitrogen and oxygen atoms in total. The third-order valence-electron chi connectivity index (χ3n) is 3.67. The monoisotopic (exact) mass is 355 g/mol. The predicted molar refractivity (Wildman–Crippen MR) is 94.6 cm³/mol. The summed E-state index contributed by atoms with van der Waals surface area (Å²) in [5, 5.41) is 14.4. The summed E-state index contributed by atoms with van der Waals surface area (Å²) in [5.41, 5.74) is 6.95. The van der Waals surface area contributed by atoms with Crippen LogP contribution in [0.4, 0.5) is 10.1 Å². The summed E-state index contributed by atoms with van der Waals surface area (Å²) in [6, 6.07) is 4.72. The Labute approximate surface area is 147 Å². The lowest BCUT2D eigenvalue weighted by Gasteiger charge is -2.11. The van der Waals surface area contributed by atoms with Gasteiger partial charge in [-0.3, -0.25) is 4.79 Å². The Hall–Kier alpha value is -3.05. The lowest BCUT2D eigenvalue weighted by Crippen LogP contribution is -2.26. The van der Waals surface area contributed by atoms with E-state index >= 15 is 0 Å². The molecule has 3 aromatic rings. The van der Waals surface area contributed by atoms with E-state index in [1.807, 2.05) is 13.0 Å². The average molecular weight is 355 g/mol. The van der Waals surface area contributed by atoms with Crippen molar-refractivity contribution in [1.82, 2.24) is 15.3 Å². The minimum absolute atomic E-state index is 0.106. The van der Waals surface area contributed by atoms with Crippen LogP contribution in [0.1, 0.15) is 28.8 Å². The Kier molecular flexibility index (Phi) is 4.59. The fourth-order valence-corrected chi connectivity index (χ4v) is 3.09. The van der Waals surface area contributed by atoms with Gasteiger partial charge >= 0.3 is 0 Å². The summed E-state index contributed by atoms with van der Waals surface area (Å²) in [6.07, 6.45) is 2.20. The normalized spacial score (nSPS) is 10.6. The number of rotatable bonds is 4. The lowest BCUT2D eigenvalue weighted by molar-refractivity contribution is 0.0950. The van der Waals surface area contributed by atoms with E-state index in [1.54, 1.807) is 5.38 Å². The zero-order valence-electron chi connectivity index (χ0n) is 13.3. The van der Waals surface area contributed by atoms with Crippen LogP contribution in [0.15, 0.2) is 23.7 Å². The van der Waals surface area contributed by atoms with Crippen molar-refractivity contribution in [3.05, 3.63) is 40.2 Å². The van der Waals surface area contributed by atoms with Gasteiger partial charge in [-0.25, -0.2) is 14.4 Å². The summed E-state index contributed by atoms with van der Waals surface area (Å²) >= 11 is 1.13. The number of amides is 1. The Bertz CT molecular complexity index is 1010. The summed E-state index contributed by atoms with van der Waals surface area (Å²) in [5.74, 6) is -0.862. The molecule has 1 amide bonds. The zero-order chi connectivity index (χ0) is 18.0. The van der Waals surface area contributed by atoms with E-state index in [-0.39, 0.29) is 27.9 Å². The van der Waals surface area contributed by atoms with Gasteiger partial charge in [-0.2, -0.15) is 5.26 Å².